The number of benzene rings is 2. The van der Waals surface area contributed by atoms with Gasteiger partial charge in [-0.3, -0.25) is 0 Å². The van der Waals surface area contributed by atoms with Crippen molar-refractivity contribution in [2.75, 3.05) is 18.0 Å². The first-order valence-corrected chi connectivity index (χ1v) is 9.01. The third-order valence-corrected chi connectivity index (χ3v) is 5.36. The molecule has 2 aromatic rings. The highest BCUT2D eigenvalue weighted by atomic mass is 32.2. The van der Waals surface area contributed by atoms with Crippen molar-refractivity contribution in [3.63, 3.8) is 0 Å². The fraction of sp³-hybridized carbons (Fsp3) is 0.222. The van der Waals surface area contributed by atoms with E-state index in [4.69, 9.17) is 0 Å². The number of anilines is 1. The summed E-state index contributed by atoms with van der Waals surface area (Å²) in [7, 11) is -3.35. The molecule has 22 heavy (non-hydrogen) atoms. The van der Waals surface area contributed by atoms with Crippen molar-refractivity contribution in [3.8, 4) is 0 Å². The highest BCUT2D eigenvalue weighted by Gasteiger charge is 2.15. The maximum Gasteiger partial charge on any atom is 0.199 e. The minimum absolute atomic E-state index is 0.338. The van der Waals surface area contributed by atoms with Gasteiger partial charge in [-0.25, -0.2) is 8.42 Å². The van der Waals surface area contributed by atoms with E-state index in [9.17, 15) is 8.42 Å². The molecule has 4 heteroatoms. The van der Waals surface area contributed by atoms with Gasteiger partial charge in [-0.2, -0.15) is 0 Å². The van der Waals surface area contributed by atoms with Gasteiger partial charge in [-0.05, 0) is 36.6 Å². The molecule has 0 aromatic heterocycles. The van der Waals surface area contributed by atoms with Crippen LogP contribution in [-0.2, 0) is 16.3 Å². The zero-order valence-electron chi connectivity index (χ0n) is 12.4. The molecule has 0 fully saturated rings. The Morgan fingerprint density at radius 2 is 1.73 bits per heavy atom. The molecule has 0 spiro atoms. The second-order valence-electron chi connectivity index (χ2n) is 5.41. The van der Waals surface area contributed by atoms with Gasteiger partial charge in [-0.1, -0.05) is 42.5 Å². The van der Waals surface area contributed by atoms with Gasteiger partial charge < -0.3 is 4.90 Å². The van der Waals surface area contributed by atoms with Crippen LogP contribution in [-0.4, -0.2) is 21.5 Å². The van der Waals surface area contributed by atoms with Crippen LogP contribution in [0.15, 0.2) is 71.0 Å². The average Bonchev–Trinajstić information content (AvgIpc) is 2.56. The highest BCUT2D eigenvalue weighted by molar-refractivity contribution is 7.94. The molecule has 0 saturated carbocycles. The number of nitrogens with zero attached hydrogens (tertiary/aromatic N) is 1. The van der Waals surface area contributed by atoms with E-state index in [1.807, 2.05) is 12.1 Å². The largest absolute Gasteiger partial charge is 0.368 e. The minimum atomic E-state index is -3.35. The number of hydrogen-bond acceptors (Lipinski definition) is 3. The van der Waals surface area contributed by atoms with E-state index in [1.54, 1.807) is 30.3 Å². The second kappa shape index (κ2) is 6.36. The molecular weight excluding hydrogens is 294 g/mol. The normalized spacial score (nSPS) is 15.0. The van der Waals surface area contributed by atoms with E-state index >= 15 is 0 Å². The fourth-order valence-electron chi connectivity index (χ4n) is 2.79. The lowest BCUT2D eigenvalue weighted by Crippen LogP contribution is -2.29. The van der Waals surface area contributed by atoms with Crippen molar-refractivity contribution >= 4 is 15.5 Å². The van der Waals surface area contributed by atoms with Crippen molar-refractivity contribution in [2.24, 2.45) is 0 Å². The van der Waals surface area contributed by atoms with Gasteiger partial charge in [0.25, 0.3) is 0 Å². The van der Waals surface area contributed by atoms with E-state index in [0.29, 0.717) is 11.4 Å². The van der Waals surface area contributed by atoms with Crippen molar-refractivity contribution in [2.45, 2.75) is 17.7 Å². The maximum atomic E-state index is 12.2. The molecule has 0 bridgehead atoms. The Kier molecular flexibility index (Phi) is 4.29. The Balaban J connectivity index is 1.74. The maximum absolute atomic E-state index is 12.2. The number of sulfone groups is 1. The number of rotatable bonds is 4. The zero-order valence-corrected chi connectivity index (χ0v) is 13.2. The van der Waals surface area contributed by atoms with E-state index in [0.717, 1.165) is 19.4 Å². The summed E-state index contributed by atoms with van der Waals surface area (Å²) in [4.78, 5) is 2.57. The molecule has 0 unspecified atom stereocenters. The van der Waals surface area contributed by atoms with Gasteiger partial charge in [0.1, 0.15) is 0 Å². The number of fused-ring (bicyclic) bond motifs is 1. The van der Waals surface area contributed by atoms with Crippen molar-refractivity contribution in [1.29, 1.82) is 0 Å². The van der Waals surface area contributed by atoms with Crippen LogP contribution in [0.4, 0.5) is 5.69 Å². The van der Waals surface area contributed by atoms with Gasteiger partial charge in [0, 0.05) is 24.2 Å². The SMILES string of the molecule is O=S(=O)(C=CCN1CCCc2ccccc21)c1ccccc1. The van der Waals surface area contributed by atoms with Gasteiger partial charge >= 0.3 is 0 Å². The Labute approximate surface area is 131 Å². The van der Waals surface area contributed by atoms with E-state index in [1.165, 1.54) is 16.7 Å². The van der Waals surface area contributed by atoms with Crippen LogP contribution in [0, 0.1) is 0 Å². The lowest BCUT2D eigenvalue weighted by Gasteiger charge is -2.30. The summed E-state index contributed by atoms with van der Waals surface area (Å²) in [6.45, 7) is 1.58. The quantitative estimate of drug-likeness (QED) is 0.868. The molecule has 0 atom stereocenters. The molecule has 0 amide bonds. The Morgan fingerprint density at radius 1 is 1.00 bits per heavy atom. The average molecular weight is 313 g/mol. The van der Waals surface area contributed by atoms with Crippen LogP contribution in [0.25, 0.3) is 0 Å². The molecule has 1 aliphatic heterocycles. The predicted octanol–water partition coefficient (Wildman–Crippen LogP) is 3.43. The first-order chi connectivity index (χ1) is 10.7. The number of hydrogen-bond donors (Lipinski definition) is 0. The first-order valence-electron chi connectivity index (χ1n) is 7.46. The number of para-hydroxylation sites is 1. The molecule has 0 saturated heterocycles. The van der Waals surface area contributed by atoms with Crippen molar-refractivity contribution in [3.05, 3.63) is 71.6 Å². The summed E-state index contributed by atoms with van der Waals surface area (Å²) in [5, 5.41) is 1.32. The third kappa shape index (κ3) is 3.22. The van der Waals surface area contributed by atoms with Gasteiger partial charge in [0.15, 0.2) is 9.84 Å². The first kappa shape index (κ1) is 14.9. The topological polar surface area (TPSA) is 37.4 Å². The summed E-state index contributed by atoms with van der Waals surface area (Å²) in [6, 6.07) is 16.9. The van der Waals surface area contributed by atoms with Gasteiger partial charge in [0.05, 0.1) is 4.90 Å². The predicted molar refractivity (Wildman–Crippen MR) is 89.7 cm³/mol. The molecule has 0 aliphatic carbocycles. The van der Waals surface area contributed by atoms with Gasteiger partial charge in [0.2, 0.25) is 0 Å². The zero-order chi connectivity index (χ0) is 15.4. The highest BCUT2D eigenvalue weighted by Crippen LogP contribution is 2.26. The van der Waals surface area contributed by atoms with Crippen LogP contribution in [0.2, 0.25) is 0 Å². The lowest BCUT2D eigenvalue weighted by atomic mass is 10.0. The molecule has 0 radical (unpaired) electrons. The van der Waals surface area contributed by atoms with E-state index in [-0.39, 0.29) is 0 Å². The Morgan fingerprint density at radius 3 is 2.55 bits per heavy atom. The van der Waals surface area contributed by atoms with Crippen LogP contribution in [0.1, 0.15) is 12.0 Å². The lowest BCUT2D eigenvalue weighted by molar-refractivity contribution is 0.604. The summed E-state index contributed by atoms with van der Waals surface area (Å²) < 4.78 is 24.4. The molecule has 114 valence electrons. The van der Waals surface area contributed by atoms with Crippen molar-refractivity contribution in [1.82, 2.24) is 0 Å². The summed E-state index contributed by atoms with van der Waals surface area (Å²) in [5.41, 5.74) is 2.56. The van der Waals surface area contributed by atoms with Crippen LogP contribution in [0.3, 0.4) is 0 Å². The van der Waals surface area contributed by atoms with Crippen LogP contribution < -0.4 is 4.90 Å². The number of aryl methyl sites for hydroxylation is 1. The smallest absolute Gasteiger partial charge is 0.199 e. The fourth-order valence-corrected chi connectivity index (χ4v) is 3.82. The minimum Gasteiger partial charge on any atom is -0.368 e. The second-order valence-corrected chi connectivity index (χ2v) is 7.24. The standard InChI is InChI=1S/C18H19NO2S/c20-22(21,17-10-2-1-3-11-17)15-7-14-19-13-6-9-16-8-4-5-12-18(16)19/h1-5,7-8,10-12,15H,6,9,13-14H2. The Hall–Kier alpha value is -2.07. The summed E-state index contributed by atoms with van der Waals surface area (Å²) in [5.74, 6) is 0. The molecule has 1 aliphatic rings. The summed E-state index contributed by atoms with van der Waals surface area (Å²) >= 11 is 0. The Bertz CT molecular complexity index is 767. The third-order valence-electron chi connectivity index (χ3n) is 3.88. The van der Waals surface area contributed by atoms with Crippen LogP contribution in [0.5, 0.6) is 0 Å². The molecular formula is C18H19NO2S. The van der Waals surface area contributed by atoms with Crippen molar-refractivity contribution < 1.29 is 8.42 Å². The molecule has 1 heterocycles. The summed E-state index contributed by atoms with van der Waals surface area (Å²) in [6.07, 6.45) is 3.94. The molecule has 3 nitrogen and oxygen atoms in total. The monoisotopic (exact) mass is 313 g/mol. The van der Waals surface area contributed by atoms with Crippen LogP contribution >= 0.6 is 0 Å². The molecule has 3 rings (SSSR count). The van der Waals surface area contributed by atoms with E-state index in [2.05, 4.69) is 23.1 Å². The van der Waals surface area contributed by atoms with E-state index < -0.39 is 9.84 Å². The van der Waals surface area contributed by atoms with Gasteiger partial charge in [-0.15, -0.1) is 0 Å². The molecule has 2 aromatic carbocycles. The molecule has 0 N–H and O–H groups in total.